The van der Waals surface area contributed by atoms with E-state index < -0.39 is 6.04 Å². The average molecular weight is 305 g/mol. The molecular formula is C12H18Cl2N4O. The van der Waals surface area contributed by atoms with Crippen LogP contribution in [0.25, 0.3) is 0 Å². The molecule has 7 heteroatoms. The third-order valence-electron chi connectivity index (χ3n) is 2.46. The van der Waals surface area contributed by atoms with Crippen molar-refractivity contribution in [2.24, 2.45) is 0 Å². The summed E-state index contributed by atoms with van der Waals surface area (Å²) < 4.78 is 0. The van der Waals surface area contributed by atoms with E-state index in [1.807, 2.05) is 6.92 Å². The second-order valence-corrected chi connectivity index (χ2v) is 4.87. The van der Waals surface area contributed by atoms with Gasteiger partial charge in [-0.25, -0.2) is 4.98 Å². The van der Waals surface area contributed by atoms with Crippen molar-refractivity contribution in [2.75, 3.05) is 24.2 Å². The number of amides is 1. The molecule has 1 atom stereocenters. The van der Waals surface area contributed by atoms with Crippen molar-refractivity contribution >= 4 is 40.7 Å². The summed E-state index contributed by atoms with van der Waals surface area (Å²) in [4.78, 5) is 15.8. The van der Waals surface area contributed by atoms with Crippen LogP contribution in [-0.2, 0) is 4.79 Å². The van der Waals surface area contributed by atoms with Gasteiger partial charge < -0.3 is 16.0 Å². The third kappa shape index (κ3) is 4.44. The van der Waals surface area contributed by atoms with Crippen LogP contribution in [0.2, 0.25) is 10.0 Å². The number of rotatable bonds is 6. The molecule has 0 aliphatic rings. The highest BCUT2D eigenvalue weighted by Crippen LogP contribution is 2.29. The zero-order valence-electron chi connectivity index (χ0n) is 11.2. The predicted octanol–water partition coefficient (Wildman–Crippen LogP) is 2.76. The molecule has 0 aliphatic carbocycles. The summed E-state index contributed by atoms with van der Waals surface area (Å²) in [6, 6.07) is 1.17. The summed E-state index contributed by atoms with van der Waals surface area (Å²) in [5.74, 6) is 0.844. The molecule has 3 N–H and O–H groups in total. The number of likely N-dealkylation sites (N-methyl/N-ethyl adjacent to an activating group) is 1. The molecule has 0 saturated heterocycles. The van der Waals surface area contributed by atoms with Crippen molar-refractivity contribution in [1.29, 1.82) is 0 Å². The summed E-state index contributed by atoms with van der Waals surface area (Å²) in [6.07, 6.45) is 0.956. The Morgan fingerprint density at radius 3 is 2.58 bits per heavy atom. The van der Waals surface area contributed by atoms with Gasteiger partial charge in [-0.05, 0) is 19.4 Å². The molecule has 19 heavy (non-hydrogen) atoms. The SMILES string of the molecule is CCCNc1nc(NC(C)C(=O)NC)c(Cl)cc1Cl. The van der Waals surface area contributed by atoms with E-state index >= 15 is 0 Å². The maximum Gasteiger partial charge on any atom is 0.241 e. The van der Waals surface area contributed by atoms with Gasteiger partial charge in [0.15, 0.2) is 0 Å². The van der Waals surface area contributed by atoms with Gasteiger partial charge in [-0.1, -0.05) is 30.1 Å². The molecule has 0 saturated carbocycles. The number of anilines is 2. The second-order valence-electron chi connectivity index (χ2n) is 4.06. The Bertz CT molecular complexity index is 454. The molecule has 1 heterocycles. The van der Waals surface area contributed by atoms with Crippen molar-refractivity contribution in [2.45, 2.75) is 26.3 Å². The summed E-state index contributed by atoms with van der Waals surface area (Å²) in [5.41, 5.74) is 0. The van der Waals surface area contributed by atoms with E-state index in [2.05, 4.69) is 20.9 Å². The first-order valence-electron chi connectivity index (χ1n) is 6.07. The maximum atomic E-state index is 11.5. The topological polar surface area (TPSA) is 66.0 Å². The quantitative estimate of drug-likeness (QED) is 0.756. The minimum Gasteiger partial charge on any atom is -0.369 e. The maximum absolute atomic E-state index is 11.5. The molecule has 1 amide bonds. The van der Waals surface area contributed by atoms with E-state index in [-0.39, 0.29) is 5.91 Å². The van der Waals surface area contributed by atoms with Crippen LogP contribution < -0.4 is 16.0 Å². The Balaban J connectivity index is 2.91. The van der Waals surface area contributed by atoms with Crippen LogP contribution in [0, 0.1) is 0 Å². The molecule has 0 aromatic carbocycles. The van der Waals surface area contributed by atoms with Crippen molar-refractivity contribution in [1.82, 2.24) is 10.3 Å². The number of pyridine rings is 1. The summed E-state index contributed by atoms with van der Waals surface area (Å²) in [7, 11) is 1.58. The van der Waals surface area contributed by atoms with Crippen LogP contribution in [-0.4, -0.2) is 30.5 Å². The number of carbonyl (C=O) groups excluding carboxylic acids is 1. The zero-order chi connectivity index (χ0) is 14.4. The number of hydrogen-bond donors (Lipinski definition) is 3. The Kier molecular flexibility index (Phi) is 6.18. The fourth-order valence-electron chi connectivity index (χ4n) is 1.42. The number of nitrogens with one attached hydrogen (secondary N) is 3. The van der Waals surface area contributed by atoms with Crippen molar-refractivity contribution < 1.29 is 4.79 Å². The molecule has 1 aromatic rings. The monoisotopic (exact) mass is 304 g/mol. The highest BCUT2D eigenvalue weighted by Gasteiger charge is 2.15. The average Bonchev–Trinajstić information content (AvgIpc) is 2.39. The van der Waals surface area contributed by atoms with Crippen LogP contribution >= 0.6 is 23.2 Å². The van der Waals surface area contributed by atoms with Crippen LogP contribution in [0.5, 0.6) is 0 Å². The molecule has 1 rings (SSSR count). The van der Waals surface area contributed by atoms with Crippen LogP contribution in [0.4, 0.5) is 11.6 Å². The highest BCUT2D eigenvalue weighted by atomic mass is 35.5. The molecule has 0 fully saturated rings. The molecule has 1 unspecified atom stereocenters. The third-order valence-corrected chi connectivity index (χ3v) is 3.04. The molecule has 106 valence electrons. The summed E-state index contributed by atoms with van der Waals surface area (Å²) in [6.45, 7) is 4.53. The van der Waals surface area contributed by atoms with Gasteiger partial charge in [-0.15, -0.1) is 0 Å². The van der Waals surface area contributed by atoms with Crippen molar-refractivity contribution in [3.63, 3.8) is 0 Å². The van der Waals surface area contributed by atoms with Gasteiger partial charge in [0.05, 0.1) is 10.0 Å². The minimum atomic E-state index is -0.435. The summed E-state index contributed by atoms with van der Waals surface area (Å²) >= 11 is 12.1. The molecule has 0 radical (unpaired) electrons. The zero-order valence-corrected chi connectivity index (χ0v) is 12.7. The van der Waals surface area contributed by atoms with E-state index in [1.165, 1.54) is 0 Å². The Labute approximate surface area is 123 Å². The van der Waals surface area contributed by atoms with Crippen LogP contribution in [0.1, 0.15) is 20.3 Å². The van der Waals surface area contributed by atoms with Gasteiger partial charge in [-0.3, -0.25) is 4.79 Å². The van der Waals surface area contributed by atoms with Gasteiger partial charge in [0, 0.05) is 13.6 Å². The lowest BCUT2D eigenvalue weighted by atomic mass is 10.3. The fourth-order valence-corrected chi connectivity index (χ4v) is 1.90. The summed E-state index contributed by atoms with van der Waals surface area (Å²) in [5, 5.41) is 9.44. The Morgan fingerprint density at radius 1 is 1.37 bits per heavy atom. The first kappa shape index (κ1) is 15.9. The Hall–Kier alpha value is -1.20. The van der Waals surface area contributed by atoms with Gasteiger partial charge >= 0.3 is 0 Å². The van der Waals surface area contributed by atoms with Crippen LogP contribution in [0.3, 0.4) is 0 Å². The Morgan fingerprint density at radius 2 is 2.00 bits per heavy atom. The van der Waals surface area contributed by atoms with E-state index in [9.17, 15) is 4.79 Å². The van der Waals surface area contributed by atoms with Gasteiger partial charge in [-0.2, -0.15) is 0 Å². The number of aromatic nitrogens is 1. The first-order chi connectivity index (χ1) is 8.99. The lowest BCUT2D eigenvalue weighted by Crippen LogP contribution is -2.35. The first-order valence-corrected chi connectivity index (χ1v) is 6.83. The number of carbonyl (C=O) groups is 1. The van der Waals surface area contributed by atoms with E-state index in [4.69, 9.17) is 23.2 Å². The smallest absolute Gasteiger partial charge is 0.241 e. The normalized spacial score (nSPS) is 11.8. The van der Waals surface area contributed by atoms with Gasteiger partial charge in [0.2, 0.25) is 5.91 Å². The number of hydrogen-bond acceptors (Lipinski definition) is 4. The lowest BCUT2D eigenvalue weighted by molar-refractivity contribution is -0.121. The van der Waals surface area contributed by atoms with Crippen molar-refractivity contribution in [3.8, 4) is 0 Å². The number of nitrogens with zero attached hydrogens (tertiary/aromatic N) is 1. The molecular weight excluding hydrogens is 287 g/mol. The van der Waals surface area contributed by atoms with E-state index in [0.717, 1.165) is 13.0 Å². The highest BCUT2D eigenvalue weighted by molar-refractivity contribution is 6.37. The predicted molar refractivity (Wildman–Crippen MR) is 80.2 cm³/mol. The minimum absolute atomic E-state index is 0.143. The standard InChI is InChI=1S/C12H18Cl2N4O/c1-4-5-16-10-8(13)6-9(14)11(18-10)17-7(2)12(19)15-3/h6-7H,4-5H2,1-3H3,(H,15,19)(H2,16,17,18). The molecule has 5 nitrogen and oxygen atoms in total. The molecule has 1 aromatic heterocycles. The van der Waals surface area contributed by atoms with E-state index in [1.54, 1.807) is 20.0 Å². The molecule has 0 spiro atoms. The van der Waals surface area contributed by atoms with Crippen LogP contribution in [0.15, 0.2) is 6.07 Å². The van der Waals surface area contributed by atoms with Crippen molar-refractivity contribution in [3.05, 3.63) is 16.1 Å². The number of halogens is 2. The molecule has 0 aliphatic heterocycles. The van der Waals surface area contributed by atoms with Gasteiger partial charge in [0.1, 0.15) is 17.7 Å². The largest absolute Gasteiger partial charge is 0.369 e. The van der Waals surface area contributed by atoms with E-state index in [0.29, 0.717) is 21.7 Å². The lowest BCUT2D eigenvalue weighted by Gasteiger charge is -2.16. The second kappa shape index (κ2) is 7.40. The molecule has 0 bridgehead atoms. The van der Waals surface area contributed by atoms with Gasteiger partial charge in [0.25, 0.3) is 0 Å². The fraction of sp³-hybridized carbons (Fsp3) is 0.500.